The van der Waals surface area contributed by atoms with Crippen LogP contribution in [0.5, 0.6) is 17.2 Å². The molecule has 118 valence electrons. The Morgan fingerprint density at radius 1 is 1.24 bits per heavy atom. The van der Waals surface area contributed by atoms with Crippen molar-refractivity contribution in [1.29, 1.82) is 0 Å². The summed E-state index contributed by atoms with van der Waals surface area (Å²) in [7, 11) is 1.54. The summed E-state index contributed by atoms with van der Waals surface area (Å²) in [5.41, 5.74) is 0.878. The molecule has 0 amide bonds. The molecule has 0 aliphatic carbocycles. The van der Waals surface area contributed by atoms with E-state index in [-0.39, 0.29) is 6.42 Å². The van der Waals surface area contributed by atoms with Gasteiger partial charge in [-0.05, 0) is 30.7 Å². The van der Waals surface area contributed by atoms with Gasteiger partial charge in [0, 0.05) is 13.0 Å². The summed E-state index contributed by atoms with van der Waals surface area (Å²) in [5, 5.41) is 2.98. The Hall–Kier alpha value is -1.63. The van der Waals surface area contributed by atoms with Crippen LogP contribution in [0.2, 0.25) is 0 Å². The molecule has 1 aromatic rings. The Morgan fingerprint density at radius 3 is 2.71 bits per heavy atom. The zero-order valence-electron chi connectivity index (χ0n) is 11.8. The third-order valence-electron chi connectivity index (χ3n) is 3.03. The number of hydrogen-bond acceptors (Lipinski definition) is 4. The first-order valence-corrected chi connectivity index (χ1v) is 6.73. The largest absolute Gasteiger partial charge is 0.493 e. The predicted octanol–water partition coefficient (Wildman–Crippen LogP) is 2.90. The van der Waals surface area contributed by atoms with Crippen molar-refractivity contribution in [3.8, 4) is 17.2 Å². The fourth-order valence-electron chi connectivity index (χ4n) is 2.08. The maximum absolute atomic E-state index is 12.0. The van der Waals surface area contributed by atoms with Crippen LogP contribution in [-0.4, -0.2) is 33.0 Å². The smallest absolute Gasteiger partial charge is 0.389 e. The number of hydrogen-bond donors (Lipinski definition) is 1. The van der Waals surface area contributed by atoms with Gasteiger partial charge in [-0.2, -0.15) is 13.2 Å². The number of ether oxygens (including phenoxy) is 3. The van der Waals surface area contributed by atoms with Crippen LogP contribution in [0.15, 0.2) is 12.1 Å². The molecule has 1 aliphatic heterocycles. The molecule has 0 spiro atoms. The highest BCUT2D eigenvalue weighted by Gasteiger charge is 2.25. The van der Waals surface area contributed by atoms with E-state index in [1.807, 2.05) is 6.07 Å². The quantitative estimate of drug-likeness (QED) is 0.820. The van der Waals surface area contributed by atoms with Crippen LogP contribution in [0.1, 0.15) is 18.4 Å². The second-order valence-electron chi connectivity index (χ2n) is 4.72. The highest BCUT2D eigenvalue weighted by molar-refractivity contribution is 5.54. The number of rotatable bonds is 6. The lowest BCUT2D eigenvalue weighted by molar-refractivity contribution is -0.135. The third kappa shape index (κ3) is 4.70. The van der Waals surface area contributed by atoms with E-state index in [0.29, 0.717) is 43.6 Å². The molecule has 1 aliphatic rings. The van der Waals surface area contributed by atoms with Gasteiger partial charge in [0.2, 0.25) is 5.75 Å². The standard InChI is InChI=1S/C14H18F3NO3/c1-19-11-7-10(8-12-13(11)21-6-5-20-12)9-18-4-2-3-14(15,16)17/h7-8,18H,2-6,9H2,1H3. The summed E-state index contributed by atoms with van der Waals surface area (Å²) < 4.78 is 52.3. The van der Waals surface area contributed by atoms with E-state index in [1.54, 1.807) is 6.07 Å². The van der Waals surface area contributed by atoms with E-state index < -0.39 is 12.6 Å². The van der Waals surface area contributed by atoms with Crippen molar-refractivity contribution in [1.82, 2.24) is 5.32 Å². The van der Waals surface area contributed by atoms with E-state index in [2.05, 4.69) is 5.32 Å². The third-order valence-corrected chi connectivity index (χ3v) is 3.03. The summed E-state index contributed by atoms with van der Waals surface area (Å²) in [5.74, 6) is 1.75. The number of benzene rings is 1. The Balaban J connectivity index is 1.89. The van der Waals surface area contributed by atoms with Gasteiger partial charge in [0.05, 0.1) is 7.11 Å². The minimum absolute atomic E-state index is 0.0607. The Kier molecular flexibility index (Phi) is 5.17. The lowest BCUT2D eigenvalue weighted by Crippen LogP contribution is -2.19. The number of alkyl halides is 3. The molecule has 0 fully saturated rings. The maximum atomic E-state index is 12.0. The number of methoxy groups -OCH3 is 1. The second-order valence-corrected chi connectivity index (χ2v) is 4.72. The maximum Gasteiger partial charge on any atom is 0.389 e. The molecular weight excluding hydrogens is 287 g/mol. The van der Waals surface area contributed by atoms with Crippen LogP contribution in [0.25, 0.3) is 0 Å². The van der Waals surface area contributed by atoms with Crippen molar-refractivity contribution < 1.29 is 27.4 Å². The zero-order chi connectivity index (χ0) is 15.3. The summed E-state index contributed by atoms with van der Waals surface area (Å²) in [6.45, 7) is 1.69. The van der Waals surface area contributed by atoms with Gasteiger partial charge in [0.15, 0.2) is 11.5 Å². The molecule has 4 nitrogen and oxygen atoms in total. The summed E-state index contributed by atoms with van der Waals surface area (Å²) >= 11 is 0. The Morgan fingerprint density at radius 2 is 2.00 bits per heavy atom. The minimum Gasteiger partial charge on any atom is -0.493 e. The van der Waals surface area contributed by atoms with Gasteiger partial charge in [0.1, 0.15) is 13.2 Å². The summed E-state index contributed by atoms with van der Waals surface area (Å²) in [4.78, 5) is 0. The Bertz CT molecular complexity index is 460. The fraction of sp³-hybridized carbons (Fsp3) is 0.571. The minimum atomic E-state index is -4.10. The molecule has 1 aromatic carbocycles. The van der Waals surface area contributed by atoms with E-state index in [4.69, 9.17) is 14.2 Å². The highest BCUT2D eigenvalue weighted by atomic mass is 19.4. The van der Waals surface area contributed by atoms with Crippen molar-refractivity contribution in [2.75, 3.05) is 26.9 Å². The van der Waals surface area contributed by atoms with Gasteiger partial charge in [-0.25, -0.2) is 0 Å². The second kappa shape index (κ2) is 6.89. The molecule has 0 saturated carbocycles. The number of nitrogens with one attached hydrogen (secondary N) is 1. The van der Waals surface area contributed by atoms with Crippen molar-refractivity contribution in [2.45, 2.75) is 25.6 Å². The number of fused-ring (bicyclic) bond motifs is 1. The average Bonchev–Trinajstić information content (AvgIpc) is 2.44. The number of halogens is 3. The molecule has 21 heavy (non-hydrogen) atoms. The zero-order valence-corrected chi connectivity index (χ0v) is 11.8. The van der Waals surface area contributed by atoms with Gasteiger partial charge in [-0.15, -0.1) is 0 Å². The molecule has 0 atom stereocenters. The monoisotopic (exact) mass is 305 g/mol. The van der Waals surface area contributed by atoms with Crippen LogP contribution >= 0.6 is 0 Å². The fourth-order valence-corrected chi connectivity index (χ4v) is 2.08. The van der Waals surface area contributed by atoms with Crippen LogP contribution in [0.4, 0.5) is 13.2 Å². The van der Waals surface area contributed by atoms with Crippen LogP contribution < -0.4 is 19.5 Å². The molecule has 0 unspecified atom stereocenters. The van der Waals surface area contributed by atoms with E-state index in [0.717, 1.165) is 5.56 Å². The van der Waals surface area contributed by atoms with E-state index in [1.165, 1.54) is 7.11 Å². The van der Waals surface area contributed by atoms with Gasteiger partial charge in [-0.3, -0.25) is 0 Å². The first-order chi connectivity index (χ1) is 9.99. The molecular formula is C14H18F3NO3. The van der Waals surface area contributed by atoms with Gasteiger partial charge in [0.25, 0.3) is 0 Å². The molecule has 2 rings (SSSR count). The average molecular weight is 305 g/mol. The first-order valence-electron chi connectivity index (χ1n) is 6.73. The molecule has 7 heteroatoms. The van der Waals surface area contributed by atoms with E-state index >= 15 is 0 Å². The van der Waals surface area contributed by atoms with Crippen molar-refractivity contribution in [2.24, 2.45) is 0 Å². The Labute approximate surface area is 121 Å². The lowest BCUT2D eigenvalue weighted by atomic mass is 10.1. The summed E-state index contributed by atoms with van der Waals surface area (Å²) in [6.07, 6.45) is -4.81. The lowest BCUT2D eigenvalue weighted by Gasteiger charge is -2.21. The molecule has 0 radical (unpaired) electrons. The molecule has 1 heterocycles. The highest BCUT2D eigenvalue weighted by Crippen LogP contribution is 2.40. The van der Waals surface area contributed by atoms with Gasteiger partial charge in [-0.1, -0.05) is 0 Å². The summed E-state index contributed by atoms with van der Waals surface area (Å²) in [6, 6.07) is 3.61. The van der Waals surface area contributed by atoms with Crippen molar-refractivity contribution >= 4 is 0 Å². The van der Waals surface area contributed by atoms with E-state index in [9.17, 15) is 13.2 Å². The van der Waals surface area contributed by atoms with Crippen LogP contribution in [-0.2, 0) is 6.54 Å². The molecule has 0 aromatic heterocycles. The molecule has 1 N–H and O–H groups in total. The molecule has 0 saturated heterocycles. The van der Waals surface area contributed by atoms with Crippen molar-refractivity contribution in [3.05, 3.63) is 17.7 Å². The van der Waals surface area contributed by atoms with Gasteiger partial charge < -0.3 is 19.5 Å². The molecule has 0 bridgehead atoms. The first kappa shape index (κ1) is 15.8. The normalized spacial score (nSPS) is 14.1. The van der Waals surface area contributed by atoms with Crippen LogP contribution in [0.3, 0.4) is 0 Å². The van der Waals surface area contributed by atoms with Crippen LogP contribution in [0, 0.1) is 0 Å². The topological polar surface area (TPSA) is 39.7 Å². The SMILES string of the molecule is COc1cc(CNCCCC(F)(F)F)cc2c1OCCO2. The van der Waals surface area contributed by atoms with Crippen molar-refractivity contribution in [3.63, 3.8) is 0 Å². The van der Waals surface area contributed by atoms with Gasteiger partial charge >= 0.3 is 6.18 Å². The predicted molar refractivity (Wildman–Crippen MR) is 71.0 cm³/mol.